The van der Waals surface area contributed by atoms with Crippen LogP contribution in [0.15, 0.2) is 0 Å². The van der Waals surface area contributed by atoms with E-state index in [1.54, 1.807) is 4.90 Å². The summed E-state index contributed by atoms with van der Waals surface area (Å²) in [5, 5.41) is 3.00. The minimum atomic E-state index is 0.139. The van der Waals surface area contributed by atoms with Crippen molar-refractivity contribution in [1.82, 2.24) is 15.1 Å². The van der Waals surface area contributed by atoms with Crippen molar-refractivity contribution in [3.05, 3.63) is 0 Å². The number of likely N-dealkylation sites (N-methyl/N-ethyl adjacent to an activating group) is 1. The highest BCUT2D eigenvalue weighted by atomic mass is 16.5. The maximum atomic E-state index is 11.8. The Labute approximate surface area is 123 Å². The van der Waals surface area contributed by atoms with E-state index in [9.17, 15) is 4.79 Å². The molecule has 0 radical (unpaired) electrons. The van der Waals surface area contributed by atoms with Gasteiger partial charge in [-0.1, -0.05) is 0 Å². The van der Waals surface area contributed by atoms with Gasteiger partial charge in [0.25, 0.3) is 0 Å². The topological polar surface area (TPSA) is 54.0 Å². The van der Waals surface area contributed by atoms with Gasteiger partial charge < -0.3 is 24.6 Å². The fourth-order valence-electron chi connectivity index (χ4n) is 1.60. The van der Waals surface area contributed by atoms with Gasteiger partial charge in [0.05, 0.1) is 32.8 Å². The SMILES string of the molecule is CNCCOCCOCCC(=O)N(C)CCCN(C)C. The Hall–Kier alpha value is -0.690. The van der Waals surface area contributed by atoms with E-state index in [0.29, 0.717) is 32.8 Å². The Kier molecular flexibility index (Phi) is 12.8. The molecule has 0 aromatic rings. The lowest BCUT2D eigenvalue weighted by atomic mass is 10.3. The quantitative estimate of drug-likeness (QED) is 0.485. The van der Waals surface area contributed by atoms with Crippen LogP contribution >= 0.6 is 0 Å². The van der Waals surface area contributed by atoms with E-state index in [1.807, 2.05) is 28.2 Å². The minimum Gasteiger partial charge on any atom is -0.379 e. The molecule has 0 fully saturated rings. The van der Waals surface area contributed by atoms with E-state index in [4.69, 9.17) is 9.47 Å². The Balaban J connectivity index is 3.38. The molecule has 0 rings (SSSR count). The Morgan fingerprint density at radius 3 is 2.25 bits per heavy atom. The maximum absolute atomic E-state index is 11.8. The zero-order chi connectivity index (χ0) is 15.2. The summed E-state index contributed by atoms with van der Waals surface area (Å²) in [6.45, 7) is 4.91. The van der Waals surface area contributed by atoms with Crippen LogP contribution in [-0.4, -0.2) is 90.0 Å². The lowest BCUT2D eigenvalue weighted by molar-refractivity contribution is -0.131. The molecule has 0 aliphatic rings. The van der Waals surface area contributed by atoms with Gasteiger partial charge in [-0.25, -0.2) is 0 Å². The number of ether oxygens (including phenoxy) is 2. The fourth-order valence-corrected chi connectivity index (χ4v) is 1.60. The van der Waals surface area contributed by atoms with Crippen LogP contribution < -0.4 is 5.32 Å². The van der Waals surface area contributed by atoms with Crippen molar-refractivity contribution in [1.29, 1.82) is 0 Å². The van der Waals surface area contributed by atoms with E-state index in [2.05, 4.69) is 10.2 Å². The molecule has 6 heteroatoms. The third-order valence-corrected chi connectivity index (χ3v) is 2.85. The molecule has 6 nitrogen and oxygen atoms in total. The summed E-state index contributed by atoms with van der Waals surface area (Å²) in [7, 11) is 7.81. The first kappa shape index (κ1) is 19.3. The molecular formula is C14H31N3O3. The molecule has 0 aromatic carbocycles. The fraction of sp³-hybridized carbons (Fsp3) is 0.929. The second-order valence-electron chi connectivity index (χ2n) is 5.05. The standard InChI is InChI=1S/C14H31N3O3/c1-15-7-11-20-13-12-19-10-6-14(18)17(4)9-5-8-16(2)3/h15H,5-13H2,1-4H3. The van der Waals surface area contributed by atoms with Gasteiger partial charge in [0.15, 0.2) is 0 Å². The third-order valence-electron chi connectivity index (χ3n) is 2.85. The zero-order valence-corrected chi connectivity index (χ0v) is 13.5. The summed E-state index contributed by atoms with van der Waals surface area (Å²) in [5.41, 5.74) is 0. The number of rotatable bonds is 13. The molecule has 1 N–H and O–H groups in total. The van der Waals surface area contributed by atoms with E-state index < -0.39 is 0 Å². The van der Waals surface area contributed by atoms with E-state index >= 15 is 0 Å². The molecule has 20 heavy (non-hydrogen) atoms. The molecule has 0 aromatic heterocycles. The molecule has 0 saturated carbocycles. The van der Waals surface area contributed by atoms with Crippen LogP contribution in [0.25, 0.3) is 0 Å². The monoisotopic (exact) mass is 289 g/mol. The molecule has 0 heterocycles. The van der Waals surface area contributed by atoms with Gasteiger partial charge in [0.1, 0.15) is 0 Å². The van der Waals surface area contributed by atoms with Crippen LogP contribution in [0.5, 0.6) is 0 Å². The highest BCUT2D eigenvalue weighted by Crippen LogP contribution is 1.95. The average Bonchev–Trinajstić information content (AvgIpc) is 2.41. The van der Waals surface area contributed by atoms with Gasteiger partial charge >= 0.3 is 0 Å². The Morgan fingerprint density at radius 1 is 1.00 bits per heavy atom. The van der Waals surface area contributed by atoms with Gasteiger partial charge in [-0.2, -0.15) is 0 Å². The number of nitrogens with one attached hydrogen (secondary N) is 1. The van der Waals surface area contributed by atoms with Gasteiger partial charge in [-0.05, 0) is 34.1 Å². The average molecular weight is 289 g/mol. The maximum Gasteiger partial charge on any atom is 0.224 e. The normalized spacial score (nSPS) is 11.1. The van der Waals surface area contributed by atoms with Gasteiger partial charge in [0.2, 0.25) is 5.91 Å². The van der Waals surface area contributed by atoms with Crippen molar-refractivity contribution >= 4 is 5.91 Å². The van der Waals surface area contributed by atoms with E-state index in [0.717, 1.165) is 26.1 Å². The number of carbonyl (C=O) groups excluding carboxylic acids is 1. The zero-order valence-electron chi connectivity index (χ0n) is 13.5. The van der Waals surface area contributed by atoms with Crippen LogP contribution in [0.1, 0.15) is 12.8 Å². The second-order valence-corrected chi connectivity index (χ2v) is 5.05. The first-order valence-electron chi connectivity index (χ1n) is 7.26. The number of amides is 1. The van der Waals surface area contributed by atoms with Crippen molar-refractivity contribution in [3.63, 3.8) is 0 Å². The summed E-state index contributed by atoms with van der Waals surface area (Å²) in [6, 6.07) is 0. The molecule has 0 saturated heterocycles. The van der Waals surface area contributed by atoms with Gasteiger partial charge in [-0.15, -0.1) is 0 Å². The van der Waals surface area contributed by atoms with Gasteiger partial charge in [-0.3, -0.25) is 4.79 Å². The molecule has 0 unspecified atom stereocenters. The first-order valence-corrected chi connectivity index (χ1v) is 7.26. The lowest BCUT2D eigenvalue weighted by Gasteiger charge is -2.18. The van der Waals surface area contributed by atoms with Crippen molar-refractivity contribution in [2.75, 3.05) is 74.3 Å². The molecular weight excluding hydrogens is 258 g/mol. The number of hydrogen-bond acceptors (Lipinski definition) is 5. The first-order chi connectivity index (χ1) is 9.57. The van der Waals surface area contributed by atoms with Crippen molar-refractivity contribution in [2.24, 2.45) is 0 Å². The molecule has 0 bridgehead atoms. The molecule has 0 aliphatic heterocycles. The van der Waals surface area contributed by atoms with Crippen LogP contribution in [0.4, 0.5) is 0 Å². The minimum absolute atomic E-state index is 0.139. The van der Waals surface area contributed by atoms with Gasteiger partial charge in [0, 0.05) is 20.1 Å². The predicted molar refractivity (Wildman–Crippen MR) is 81.0 cm³/mol. The van der Waals surface area contributed by atoms with Crippen LogP contribution in [0.3, 0.4) is 0 Å². The molecule has 0 aliphatic carbocycles. The molecule has 0 spiro atoms. The van der Waals surface area contributed by atoms with Crippen LogP contribution in [0, 0.1) is 0 Å². The second kappa shape index (κ2) is 13.3. The van der Waals surface area contributed by atoms with Crippen molar-refractivity contribution < 1.29 is 14.3 Å². The number of carbonyl (C=O) groups is 1. The van der Waals surface area contributed by atoms with Crippen LogP contribution in [0.2, 0.25) is 0 Å². The van der Waals surface area contributed by atoms with E-state index in [1.165, 1.54) is 0 Å². The van der Waals surface area contributed by atoms with Crippen LogP contribution in [-0.2, 0) is 14.3 Å². The lowest BCUT2D eigenvalue weighted by Crippen LogP contribution is -2.30. The molecule has 0 atom stereocenters. The predicted octanol–water partition coefficient (Wildman–Crippen LogP) is 0.0392. The molecule has 1 amide bonds. The van der Waals surface area contributed by atoms with Crippen molar-refractivity contribution in [2.45, 2.75) is 12.8 Å². The number of hydrogen-bond donors (Lipinski definition) is 1. The summed E-state index contributed by atoms with van der Waals surface area (Å²) < 4.78 is 10.7. The molecule has 120 valence electrons. The van der Waals surface area contributed by atoms with E-state index in [-0.39, 0.29) is 5.91 Å². The highest BCUT2D eigenvalue weighted by Gasteiger charge is 2.07. The highest BCUT2D eigenvalue weighted by molar-refractivity contribution is 5.75. The largest absolute Gasteiger partial charge is 0.379 e. The Bertz CT molecular complexity index is 238. The summed E-state index contributed by atoms with van der Waals surface area (Å²) in [5.74, 6) is 0.139. The summed E-state index contributed by atoms with van der Waals surface area (Å²) >= 11 is 0. The third kappa shape index (κ3) is 12.3. The number of nitrogens with zero attached hydrogens (tertiary/aromatic N) is 2. The summed E-state index contributed by atoms with van der Waals surface area (Å²) in [6.07, 6.45) is 1.43. The van der Waals surface area contributed by atoms with Crippen molar-refractivity contribution in [3.8, 4) is 0 Å². The smallest absolute Gasteiger partial charge is 0.224 e. The Morgan fingerprint density at radius 2 is 1.65 bits per heavy atom. The summed E-state index contributed by atoms with van der Waals surface area (Å²) in [4.78, 5) is 15.7.